The third-order valence-electron chi connectivity index (χ3n) is 3.15. The first-order valence-electron chi connectivity index (χ1n) is 7.15. The minimum atomic E-state index is -3.52. The van der Waals surface area contributed by atoms with E-state index in [1.165, 1.54) is 10.7 Å². The molecule has 0 saturated carbocycles. The molecule has 0 aliphatic heterocycles. The van der Waals surface area contributed by atoms with E-state index >= 15 is 0 Å². The molecule has 0 bridgehead atoms. The first-order valence-corrected chi connectivity index (χ1v) is 9.51. The maximum absolute atomic E-state index is 12.2. The second-order valence-corrected chi connectivity index (χ2v) is 8.13. The van der Waals surface area contributed by atoms with Gasteiger partial charge in [-0.3, -0.25) is 4.79 Å². The van der Waals surface area contributed by atoms with Crippen molar-refractivity contribution in [1.29, 1.82) is 0 Å². The van der Waals surface area contributed by atoms with E-state index in [1.54, 1.807) is 17.5 Å². The van der Waals surface area contributed by atoms with Crippen molar-refractivity contribution < 1.29 is 8.42 Å². The van der Waals surface area contributed by atoms with Crippen LogP contribution in [0.15, 0.2) is 32.6 Å². The highest BCUT2D eigenvalue weighted by molar-refractivity contribution is 7.91. The van der Waals surface area contributed by atoms with Gasteiger partial charge >= 0.3 is 0 Å². The molecule has 2 rings (SSSR count). The Hall–Kier alpha value is -1.55. The van der Waals surface area contributed by atoms with Crippen LogP contribution < -0.4 is 10.3 Å². The van der Waals surface area contributed by atoms with E-state index in [0.29, 0.717) is 30.9 Å². The predicted octanol–water partition coefficient (Wildman–Crippen LogP) is 0.832. The lowest BCUT2D eigenvalue weighted by Gasteiger charge is -2.09. The molecule has 0 fully saturated rings. The monoisotopic (exact) mass is 356 g/mol. The molecule has 2 heterocycles. The van der Waals surface area contributed by atoms with Gasteiger partial charge in [0.15, 0.2) is 0 Å². The molecule has 9 heteroatoms. The number of likely N-dealkylation sites (N-methyl/N-ethyl adjacent to an activating group) is 1. The zero-order valence-corrected chi connectivity index (χ0v) is 14.9. The van der Waals surface area contributed by atoms with E-state index in [9.17, 15) is 13.2 Å². The summed E-state index contributed by atoms with van der Waals surface area (Å²) in [5.41, 5.74) is 1.09. The van der Waals surface area contributed by atoms with Crippen LogP contribution in [-0.2, 0) is 16.6 Å². The number of rotatable bonds is 7. The lowest BCUT2D eigenvalue weighted by molar-refractivity contribution is 0.412. The van der Waals surface area contributed by atoms with Crippen molar-refractivity contribution in [1.82, 2.24) is 19.4 Å². The fraction of sp³-hybridized carbons (Fsp3) is 0.429. The van der Waals surface area contributed by atoms with E-state index in [1.807, 2.05) is 25.9 Å². The average molecular weight is 356 g/mol. The second-order valence-electron chi connectivity index (χ2n) is 5.23. The summed E-state index contributed by atoms with van der Waals surface area (Å²) in [6.07, 6.45) is 0. The third-order valence-corrected chi connectivity index (χ3v) is 6.05. The predicted molar refractivity (Wildman–Crippen MR) is 91.2 cm³/mol. The summed E-state index contributed by atoms with van der Waals surface area (Å²) in [6.45, 7) is 3.27. The molecule has 126 valence electrons. The van der Waals surface area contributed by atoms with Gasteiger partial charge in [0.25, 0.3) is 5.56 Å². The topological polar surface area (TPSA) is 84.3 Å². The number of hydrogen-bond acceptors (Lipinski definition) is 6. The SMILES string of the molecule is CCn1nc(-c2csc(S(=O)(=O)NCCN(C)C)c2)ccc1=O. The molecule has 0 radical (unpaired) electrons. The number of nitrogens with one attached hydrogen (secondary N) is 1. The highest BCUT2D eigenvalue weighted by Crippen LogP contribution is 2.26. The molecule has 0 aliphatic rings. The lowest BCUT2D eigenvalue weighted by Crippen LogP contribution is -2.30. The van der Waals surface area contributed by atoms with Gasteiger partial charge in [-0.25, -0.2) is 17.8 Å². The zero-order chi connectivity index (χ0) is 17.0. The molecule has 0 spiro atoms. The van der Waals surface area contributed by atoms with Crippen LogP contribution in [0, 0.1) is 0 Å². The third kappa shape index (κ3) is 4.47. The number of hydrogen-bond donors (Lipinski definition) is 1. The maximum atomic E-state index is 12.2. The number of sulfonamides is 1. The van der Waals surface area contributed by atoms with Gasteiger partial charge in [-0.1, -0.05) is 0 Å². The molecule has 7 nitrogen and oxygen atoms in total. The summed E-state index contributed by atoms with van der Waals surface area (Å²) in [4.78, 5) is 13.5. The Kier molecular flexibility index (Phi) is 5.69. The van der Waals surface area contributed by atoms with Gasteiger partial charge < -0.3 is 4.90 Å². The minimum Gasteiger partial charge on any atom is -0.308 e. The standard InChI is InChI=1S/C14H20N4O3S2/c1-4-18-13(19)6-5-12(16-18)11-9-14(22-10-11)23(20,21)15-7-8-17(2)3/h5-6,9-10,15H,4,7-8H2,1-3H3. The molecule has 0 saturated heterocycles. The molecule has 23 heavy (non-hydrogen) atoms. The quantitative estimate of drug-likeness (QED) is 0.794. The van der Waals surface area contributed by atoms with Gasteiger partial charge in [-0.2, -0.15) is 5.10 Å². The fourth-order valence-electron chi connectivity index (χ4n) is 1.90. The molecular weight excluding hydrogens is 336 g/mol. The highest BCUT2D eigenvalue weighted by atomic mass is 32.2. The molecule has 2 aromatic heterocycles. The van der Waals surface area contributed by atoms with E-state index in [4.69, 9.17) is 0 Å². The number of aromatic nitrogens is 2. The maximum Gasteiger partial charge on any atom is 0.266 e. The van der Waals surface area contributed by atoms with Gasteiger partial charge in [0.2, 0.25) is 10.0 Å². The summed E-state index contributed by atoms with van der Waals surface area (Å²) in [5, 5.41) is 5.96. The molecular formula is C14H20N4O3S2. The zero-order valence-electron chi connectivity index (χ0n) is 13.3. The van der Waals surface area contributed by atoms with E-state index in [0.717, 1.165) is 11.3 Å². The Morgan fingerprint density at radius 1 is 1.35 bits per heavy atom. The van der Waals surface area contributed by atoms with Crippen LogP contribution in [0.5, 0.6) is 0 Å². The summed E-state index contributed by atoms with van der Waals surface area (Å²) >= 11 is 1.14. The number of thiophene rings is 1. The Labute approximate surface area is 139 Å². The van der Waals surface area contributed by atoms with Gasteiger partial charge in [-0.15, -0.1) is 11.3 Å². The summed E-state index contributed by atoms with van der Waals surface area (Å²) in [6, 6.07) is 4.62. The van der Waals surface area contributed by atoms with Crippen LogP contribution in [0.3, 0.4) is 0 Å². The van der Waals surface area contributed by atoms with Crippen LogP contribution in [0.1, 0.15) is 6.92 Å². The molecule has 0 amide bonds. The molecule has 0 unspecified atom stereocenters. The summed E-state index contributed by atoms with van der Waals surface area (Å²) in [5.74, 6) is 0. The second kappa shape index (κ2) is 7.35. The number of aryl methyl sites for hydroxylation is 1. The van der Waals surface area contributed by atoms with Gasteiger partial charge in [-0.05, 0) is 33.2 Å². The van der Waals surface area contributed by atoms with Gasteiger partial charge in [0, 0.05) is 36.6 Å². The Morgan fingerprint density at radius 3 is 2.74 bits per heavy atom. The van der Waals surface area contributed by atoms with E-state index in [2.05, 4.69) is 9.82 Å². The summed E-state index contributed by atoms with van der Waals surface area (Å²) < 4.78 is 28.6. The largest absolute Gasteiger partial charge is 0.308 e. The average Bonchev–Trinajstić information content (AvgIpc) is 2.98. The van der Waals surface area contributed by atoms with Crippen LogP contribution in [0.2, 0.25) is 0 Å². The normalized spacial score (nSPS) is 12.0. The molecule has 0 aromatic carbocycles. The highest BCUT2D eigenvalue weighted by Gasteiger charge is 2.17. The van der Waals surface area contributed by atoms with E-state index < -0.39 is 10.0 Å². The Bertz CT molecular complexity index is 825. The lowest BCUT2D eigenvalue weighted by atomic mass is 10.2. The van der Waals surface area contributed by atoms with Gasteiger partial charge in [0.1, 0.15) is 4.21 Å². The van der Waals surface area contributed by atoms with Crippen molar-refractivity contribution in [2.45, 2.75) is 17.7 Å². The molecule has 1 N–H and O–H groups in total. The summed E-state index contributed by atoms with van der Waals surface area (Å²) in [7, 11) is 0.240. The van der Waals surface area contributed by atoms with Crippen molar-refractivity contribution >= 4 is 21.4 Å². The van der Waals surface area contributed by atoms with Crippen molar-refractivity contribution in [3.05, 3.63) is 33.9 Å². The minimum absolute atomic E-state index is 0.176. The van der Waals surface area contributed by atoms with Crippen molar-refractivity contribution in [3.63, 3.8) is 0 Å². The smallest absolute Gasteiger partial charge is 0.266 e. The van der Waals surface area contributed by atoms with Crippen molar-refractivity contribution in [2.75, 3.05) is 27.2 Å². The van der Waals surface area contributed by atoms with Crippen LogP contribution >= 0.6 is 11.3 Å². The molecule has 2 aromatic rings. The Balaban J connectivity index is 2.21. The first kappa shape index (κ1) is 17.8. The first-order chi connectivity index (χ1) is 10.8. The fourth-order valence-corrected chi connectivity index (χ4v) is 4.14. The molecule has 0 atom stereocenters. The van der Waals surface area contributed by atoms with Crippen LogP contribution in [-0.4, -0.2) is 50.3 Å². The van der Waals surface area contributed by atoms with Crippen LogP contribution in [0.4, 0.5) is 0 Å². The molecule has 0 aliphatic carbocycles. The Morgan fingerprint density at radius 2 is 2.09 bits per heavy atom. The van der Waals surface area contributed by atoms with Crippen LogP contribution in [0.25, 0.3) is 11.3 Å². The van der Waals surface area contributed by atoms with Crippen molar-refractivity contribution in [2.24, 2.45) is 0 Å². The van der Waals surface area contributed by atoms with Crippen molar-refractivity contribution in [3.8, 4) is 11.3 Å². The van der Waals surface area contributed by atoms with Gasteiger partial charge in [0.05, 0.1) is 5.69 Å². The number of nitrogens with zero attached hydrogens (tertiary/aromatic N) is 3. The van der Waals surface area contributed by atoms with E-state index in [-0.39, 0.29) is 9.77 Å².